The highest BCUT2D eigenvalue weighted by Gasteiger charge is 2.29. The minimum atomic E-state index is 0.0105. The number of pyridine rings is 1. The van der Waals surface area contributed by atoms with Crippen molar-refractivity contribution in [3.05, 3.63) is 127 Å². The molecule has 9 rings (SSSR count). The fourth-order valence-electron chi connectivity index (χ4n) is 7.02. The van der Waals surface area contributed by atoms with Crippen molar-refractivity contribution >= 4 is 60.8 Å². The van der Waals surface area contributed by atoms with E-state index in [4.69, 9.17) is 14.1 Å². The number of furan rings is 1. The van der Waals surface area contributed by atoms with Gasteiger partial charge in [0.15, 0.2) is 5.58 Å². The van der Waals surface area contributed by atoms with Crippen molar-refractivity contribution in [3.8, 4) is 17.3 Å². The molecule has 6 heteroatoms. The second-order valence-electron chi connectivity index (χ2n) is 13.5. The van der Waals surface area contributed by atoms with Gasteiger partial charge < -0.3 is 19.0 Å². The molecule has 0 atom stereocenters. The molecule has 8 aromatic rings. The lowest BCUT2D eigenvalue weighted by Gasteiger charge is -2.20. The Morgan fingerprint density at radius 1 is 0.702 bits per heavy atom. The minimum absolute atomic E-state index is 0.0105. The molecule has 0 unspecified atom stereocenters. The van der Waals surface area contributed by atoms with E-state index >= 15 is 0 Å². The average Bonchev–Trinajstić information content (AvgIpc) is 3.73. The zero-order chi connectivity index (χ0) is 31.9. The van der Waals surface area contributed by atoms with Gasteiger partial charge in [-0.2, -0.15) is 0 Å². The van der Waals surface area contributed by atoms with Gasteiger partial charge in [-0.15, -0.1) is 0 Å². The predicted molar refractivity (Wildman–Crippen MR) is 193 cm³/mol. The largest absolute Gasteiger partial charge is 0.457 e. The second kappa shape index (κ2) is 10.1. The van der Waals surface area contributed by atoms with Crippen LogP contribution in [0.15, 0.2) is 126 Å². The van der Waals surface area contributed by atoms with Crippen LogP contribution in [-0.4, -0.2) is 23.3 Å². The van der Waals surface area contributed by atoms with E-state index < -0.39 is 0 Å². The van der Waals surface area contributed by atoms with E-state index in [1.807, 2.05) is 24.4 Å². The number of benzene rings is 5. The SMILES string of the molecule is CN1CN(c2cccc(Oc3ccc4c5ccccc5n(-c5cc(C(C)(C)C)ccn5)c4c3)c2)c2c1ccc1c2oc2ccccc21. The summed E-state index contributed by atoms with van der Waals surface area (Å²) in [5.41, 5.74) is 8.49. The molecule has 0 bridgehead atoms. The number of para-hydroxylation sites is 2. The molecule has 0 radical (unpaired) electrons. The molecule has 4 heterocycles. The lowest BCUT2D eigenvalue weighted by Crippen LogP contribution is -2.23. The summed E-state index contributed by atoms with van der Waals surface area (Å²) in [5, 5.41) is 4.60. The Bertz CT molecular complexity index is 2500. The monoisotopic (exact) mass is 614 g/mol. The zero-order valence-corrected chi connectivity index (χ0v) is 26.9. The molecule has 5 aromatic carbocycles. The molecule has 0 amide bonds. The Morgan fingerprint density at radius 3 is 2.34 bits per heavy atom. The second-order valence-corrected chi connectivity index (χ2v) is 13.5. The summed E-state index contributed by atoms with van der Waals surface area (Å²) in [6, 6.07) is 40.1. The molecule has 6 nitrogen and oxygen atoms in total. The number of hydrogen-bond donors (Lipinski definition) is 0. The van der Waals surface area contributed by atoms with E-state index in [1.165, 1.54) is 10.9 Å². The van der Waals surface area contributed by atoms with Crippen molar-refractivity contribution in [2.75, 3.05) is 23.5 Å². The van der Waals surface area contributed by atoms with Crippen LogP contribution in [0.5, 0.6) is 11.5 Å². The highest BCUT2D eigenvalue weighted by atomic mass is 16.5. The third-order valence-corrected chi connectivity index (χ3v) is 9.39. The Hall–Kier alpha value is -5.75. The predicted octanol–water partition coefficient (Wildman–Crippen LogP) is 10.7. The molecule has 0 N–H and O–H groups in total. The van der Waals surface area contributed by atoms with Gasteiger partial charge in [-0.3, -0.25) is 4.57 Å². The Labute approximate surface area is 273 Å². The van der Waals surface area contributed by atoms with Crippen molar-refractivity contribution in [2.45, 2.75) is 26.2 Å². The quantitative estimate of drug-likeness (QED) is 0.197. The van der Waals surface area contributed by atoms with E-state index in [0.29, 0.717) is 6.67 Å². The van der Waals surface area contributed by atoms with Gasteiger partial charge in [0.25, 0.3) is 0 Å². The van der Waals surface area contributed by atoms with E-state index in [1.54, 1.807) is 0 Å². The molecule has 0 saturated heterocycles. The fourth-order valence-corrected chi connectivity index (χ4v) is 7.02. The first-order valence-electron chi connectivity index (χ1n) is 16.0. The summed E-state index contributed by atoms with van der Waals surface area (Å²) in [4.78, 5) is 9.39. The smallest absolute Gasteiger partial charge is 0.161 e. The van der Waals surface area contributed by atoms with Crippen LogP contribution in [0.25, 0.3) is 49.6 Å². The average molecular weight is 615 g/mol. The topological polar surface area (TPSA) is 46.7 Å². The lowest BCUT2D eigenvalue weighted by molar-refractivity contribution is 0.483. The number of fused-ring (bicyclic) bond motifs is 8. The van der Waals surface area contributed by atoms with Gasteiger partial charge in [-0.1, -0.05) is 63.2 Å². The molecule has 0 saturated carbocycles. The standard InChI is InChI=1S/C41H34N4O2/c1-41(2,3)26-20-21-42-38(22-26)45-34-14-7-5-12-30(34)31-17-16-29(24-36(31)45)46-28-11-9-10-27(23-28)44-25-43(4)35-19-18-33-32-13-6-8-15-37(32)47-40(33)39(35)44/h5-24H,25H2,1-4H3. The number of rotatable bonds is 4. The number of hydrogen-bond acceptors (Lipinski definition) is 5. The summed E-state index contributed by atoms with van der Waals surface area (Å²) in [5.74, 6) is 2.44. The van der Waals surface area contributed by atoms with Crippen molar-refractivity contribution in [3.63, 3.8) is 0 Å². The van der Waals surface area contributed by atoms with E-state index in [9.17, 15) is 0 Å². The summed E-state index contributed by atoms with van der Waals surface area (Å²) < 4.78 is 15.3. The maximum Gasteiger partial charge on any atom is 0.161 e. The molecule has 230 valence electrons. The number of nitrogens with zero attached hydrogens (tertiary/aromatic N) is 4. The molecule has 1 aliphatic rings. The summed E-state index contributed by atoms with van der Waals surface area (Å²) in [6.45, 7) is 7.41. The molecule has 0 fully saturated rings. The molecular formula is C41H34N4O2. The number of anilines is 3. The van der Waals surface area contributed by atoms with Gasteiger partial charge in [0.05, 0.1) is 23.4 Å². The van der Waals surface area contributed by atoms with Crippen LogP contribution < -0.4 is 14.5 Å². The van der Waals surface area contributed by atoms with Crippen LogP contribution >= 0.6 is 0 Å². The number of aromatic nitrogens is 2. The fraction of sp³-hybridized carbons (Fsp3) is 0.146. The Balaban J connectivity index is 1.12. The first kappa shape index (κ1) is 27.6. The van der Waals surface area contributed by atoms with E-state index in [0.717, 1.165) is 72.7 Å². The molecular weight excluding hydrogens is 580 g/mol. The van der Waals surface area contributed by atoms with Gasteiger partial charge in [0, 0.05) is 52.6 Å². The molecule has 0 spiro atoms. The van der Waals surface area contributed by atoms with Gasteiger partial charge in [-0.25, -0.2) is 4.98 Å². The molecule has 47 heavy (non-hydrogen) atoms. The maximum atomic E-state index is 6.60. The third kappa shape index (κ3) is 4.36. The first-order valence-corrected chi connectivity index (χ1v) is 16.0. The van der Waals surface area contributed by atoms with Gasteiger partial charge in [0.1, 0.15) is 28.6 Å². The Morgan fingerprint density at radius 2 is 1.47 bits per heavy atom. The summed E-state index contributed by atoms with van der Waals surface area (Å²) in [7, 11) is 2.12. The zero-order valence-electron chi connectivity index (χ0n) is 26.9. The van der Waals surface area contributed by atoms with Crippen LogP contribution in [-0.2, 0) is 5.41 Å². The minimum Gasteiger partial charge on any atom is -0.457 e. The van der Waals surface area contributed by atoms with Crippen molar-refractivity contribution in [1.82, 2.24) is 9.55 Å². The van der Waals surface area contributed by atoms with Crippen molar-refractivity contribution in [2.24, 2.45) is 0 Å². The number of ether oxygens (including phenoxy) is 1. The third-order valence-electron chi connectivity index (χ3n) is 9.39. The molecule has 1 aliphatic heterocycles. The van der Waals surface area contributed by atoms with Crippen LogP contribution in [0, 0.1) is 0 Å². The van der Waals surface area contributed by atoms with Gasteiger partial charge in [-0.05, 0) is 71.6 Å². The summed E-state index contributed by atoms with van der Waals surface area (Å²) >= 11 is 0. The van der Waals surface area contributed by atoms with Gasteiger partial charge >= 0.3 is 0 Å². The van der Waals surface area contributed by atoms with E-state index in [2.05, 4.69) is 139 Å². The van der Waals surface area contributed by atoms with E-state index in [-0.39, 0.29) is 5.41 Å². The van der Waals surface area contributed by atoms with Crippen LogP contribution in [0.1, 0.15) is 26.3 Å². The van der Waals surface area contributed by atoms with Crippen LogP contribution in [0.2, 0.25) is 0 Å². The van der Waals surface area contributed by atoms with Crippen LogP contribution in [0.4, 0.5) is 17.1 Å². The summed E-state index contributed by atoms with van der Waals surface area (Å²) in [6.07, 6.45) is 1.91. The Kier molecular flexibility index (Phi) is 5.94. The molecule has 3 aromatic heterocycles. The van der Waals surface area contributed by atoms with Crippen molar-refractivity contribution in [1.29, 1.82) is 0 Å². The highest BCUT2D eigenvalue weighted by Crippen LogP contribution is 2.48. The highest BCUT2D eigenvalue weighted by molar-refractivity contribution is 6.13. The van der Waals surface area contributed by atoms with Gasteiger partial charge in [0.2, 0.25) is 0 Å². The first-order chi connectivity index (χ1) is 22.8. The molecule has 0 aliphatic carbocycles. The lowest BCUT2D eigenvalue weighted by atomic mass is 9.88. The normalized spacial score (nSPS) is 13.4. The van der Waals surface area contributed by atoms with Crippen molar-refractivity contribution < 1.29 is 9.15 Å². The van der Waals surface area contributed by atoms with Crippen LogP contribution in [0.3, 0.4) is 0 Å². The maximum absolute atomic E-state index is 6.60.